The van der Waals surface area contributed by atoms with Gasteiger partial charge in [-0.3, -0.25) is 5.41 Å². The molecule has 0 aromatic carbocycles. The van der Waals surface area contributed by atoms with Crippen molar-refractivity contribution in [1.29, 1.82) is 5.41 Å². The van der Waals surface area contributed by atoms with Gasteiger partial charge in [0.25, 0.3) is 0 Å². The van der Waals surface area contributed by atoms with Crippen molar-refractivity contribution in [3.05, 3.63) is 18.1 Å². The third-order valence-electron chi connectivity index (χ3n) is 2.34. The molecule has 1 aromatic heterocycles. The van der Waals surface area contributed by atoms with E-state index in [4.69, 9.17) is 11.1 Å². The number of anilines is 1. The summed E-state index contributed by atoms with van der Waals surface area (Å²) in [6, 6.07) is 2.44. The van der Waals surface area contributed by atoms with E-state index in [0.29, 0.717) is 11.9 Å². The number of nitrogens with one attached hydrogen (secondary N) is 1. The average Bonchev–Trinajstić information content (AvgIpc) is 3.00. The Morgan fingerprint density at radius 2 is 2.36 bits per heavy atom. The Morgan fingerprint density at radius 1 is 1.64 bits per heavy atom. The third kappa shape index (κ3) is 1.66. The molecule has 0 aliphatic heterocycles. The van der Waals surface area contributed by atoms with E-state index in [1.807, 2.05) is 13.1 Å². The molecule has 14 heavy (non-hydrogen) atoms. The summed E-state index contributed by atoms with van der Waals surface area (Å²) in [5, 5.41) is 7.23. The van der Waals surface area contributed by atoms with Gasteiger partial charge in [-0.2, -0.15) is 0 Å². The van der Waals surface area contributed by atoms with Crippen LogP contribution in [0, 0.1) is 5.41 Å². The Bertz CT molecular complexity index is 358. The van der Waals surface area contributed by atoms with Gasteiger partial charge in [0, 0.05) is 19.3 Å². The molecule has 1 fully saturated rings. The lowest BCUT2D eigenvalue weighted by Crippen LogP contribution is -2.23. The highest BCUT2D eigenvalue weighted by Crippen LogP contribution is 2.28. The van der Waals surface area contributed by atoms with E-state index in [-0.39, 0.29) is 5.84 Å². The van der Waals surface area contributed by atoms with E-state index in [1.54, 1.807) is 6.20 Å². The second kappa shape index (κ2) is 3.25. The summed E-state index contributed by atoms with van der Waals surface area (Å²) < 4.78 is 0. The van der Waals surface area contributed by atoms with E-state index < -0.39 is 0 Å². The van der Waals surface area contributed by atoms with Crippen molar-refractivity contribution in [3.8, 4) is 0 Å². The van der Waals surface area contributed by atoms with Gasteiger partial charge in [-0.05, 0) is 18.9 Å². The molecule has 0 atom stereocenters. The molecule has 5 heteroatoms. The molecule has 0 unspecified atom stereocenters. The SMILES string of the molecule is CN(c1ccnc(C(=N)N)n1)C1CC1. The van der Waals surface area contributed by atoms with Gasteiger partial charge >= 0.3 is 0 Å². The van der Waals surface area contributed by atoms with Gasteiger partial charge in [0.2, 0.25) is 0 Å². The van der Waals surface area contributed by atoms with E-state index in [1.165, 1.54) is 12.8 Å². The summed E-state index contributed by atoms with van der Waals surface area (Å²) in [6.45, 7) is 0. The van der Waals surface area contributed by atoms with Crippen LogP contribution in [0.15, 0.2) is 12.3 Å². The fourth-order valence-electron chi connectivity index (χ4n) is 1.32. The minimum absolute atomic E-state index is 0.0870. The molecule has 0 radical (unpaired) electrons. The molecule has 0 bridgehead atoms. The molecule has 2 rings (SSSR count). The summed E-state index contributed by atoms with van der Waals surface area (Å²) in [6.07, 6.45) is 4.07. The highest BCUT2D eigenvalue weighted by molar-refractivity contribution is 5.91. The maximum Gasteiger partial charge on any atom is 0.196 e. The predicted molar refractivity (Wildman–Crippen MR) is 54.5 cm³/mol. The maximum absolute atomic E-state index is 7.23. The monoisotopic (exact) mass is 191 g/mol. The van der Waals surface area contributed by atoms with Crippen LogP contribution in [-0.2, 0) is 0 Å². The summed E-state index contributed by atoms with van der Waals surface area (Å²) in [4.78, 5) is 10.2. The van der Waals surface area contributed by atoms with Crippen LogP contribution >= 0.6 is 0 Å². The van der Waals surface area contributed by atoms with Crippen LogP contribution < -0.4 is 10.6 Å². The third-order valence-corrected chi connectivity index (χ3v) is 2.34. The predicted octanol–water partition coefficient (Wildman–Crippen LogP) is 0.359. The lowest BCUT2D eigenvalue weighted by molar-refractivity contribution is 0.882. The Hall–Kier alpha value is -1.65. The van der Waals surface area contributed by atoms with Crippen LogP contribution in [0.3, 0.4) is 0 Å². The molecular weight excluding hydrogens is 178 g/mol. The molecule has 5 nitrogen and oxygen atoms in total. The molecule has 0 amide bonds. The maximum atomic E-state index is 7.23. The fourth-order valence-corrected chi connectivity index (χ4v) is 1.32. The van der Waals surface area contributed by atoms with E-state index in [9.17, 15) is 0 Å². The Morgan fingerprint density at radius 3 is 2.93 bits per heavy atom. The largest absolute Gasteiger partial charge is 0.381 e. The van der Waals surface area contributed by atoms with Crippen LogP contribution in [0.5, 0.6) is 0 Å². The lowest BCUT2D eigenvalue weighted by Gasteiger charge is -2.17. The summed E-state index contributed by atoms with van der Waals surface area (Å²) >= 11 is 0. The highest BCUT2D eigenvalue weighted by atomic mass is 15.2. The number of hydrogen-bond acceptors (Lipinski definition) is 4. The number of hydrogen-bond donors (Lipinski definition) is 2. The minimum Gasteiger partial charge on any atom is -0.381 e. The first-order chi connectivity index (χ1) is 6.68. The zero-order valence-electron chi connectivity index (χ0n) is 8.07. The van der Waals surface area contributed by atoms with E-state index in [0.717, 1.165) is 5.82 Å². The first-order valence-corrected chi connectivity index (χ1v) is 4.59. The van der Waals surface area contributed by atoms with Gasteiger partial charge < -0.3 is 10.6 Å². The number of aromatic nitrogens is 2. The summed E-state index contributed by atoms with van der Waals surface area (Å²) in [5.74, 6) is 1.05. The molecule has 3 N–H and O–H groups in total. The van der Waals surface area contributed by atoms with E-state index >= 15 is 0 Å². The number of nitrogens with two attached hydrogens (primary N) is 1. The number of nitrogen functional groups attached to an aromatic ring is 1. The van der Waals surface area contributed by atoms with Crippen molar-refractivity contribution < 1.29 is 0 Å². The fraction of sp³-hybridized carbons (Fsp3) is 0.444. The molecule has 1 aromatic rings. The van der Waals surface area contributed by atoms with Gasteiger partial charge in [0.1, 0.15) is 5.82 Å². The van der Waals surface area contributed by atoms with Crippen molar-refractivity contribution in [2.45, 2.75) is 18.9 Å². The first-order valence-electron chi connectivity index (χ1n) is 4.59. The molecule has 1 heterocycles. The van der Waals surface area contributed by atoms with Gasteiger partial charge in [-0.15, -0.1) is 0 Å². The molecule has 0 saturated heterocycles. The van der Waals surface area contributed by atoms with Crippen LogP contribution in [0.2, 0.25) is 0 Å². The Kier molecular flexibility index (Phi) is 2.07. The molecule has 1 saturated carbocycles. The van der Waals surface area contributed by atoms with Gasteiger partial charge in [-0.25, -0.2) is 9.97 Å². The molecular formula is C9H13N5. The lowest BCUT2D eigenvalue weighted by atomic mass is 10.4. The van der Waals surface area contributed by atoms with Crippen molar-refractivity contribution in [1.82, 2.24) is 9.97 Å². The summed E-state index contributed by atoms with van der Waals surface area (Å²) in [7, 11) is 2.00. The van der Waals surface area contributed by atoms with Crippen molar-refractivity contribution >= 4 is 11.7 Å². The Balaban J connectivity index is 2.24. The molecule has 0 spiro atoms. The zero-order valence-corrected chi connectivity index (χ0v) is 8.07. The topological polar surface area (TPSA) is 78.9 Å². The normalized spacial score (nSPS) is 15.2. The quantitative estimate of drug-likeness (QED) is 0.534. The Labute approximate surface area is 82.5 Å². The molecule has 74 valence electrons. The first kappa shape index (κ1) is 8.93. The highest BCUT2D eigenvalue weighted by Gasteiger charge is 2.27. The van der Waals surface area contributed by atoms with E-state index in [2.05, 4.69) is 14.9 Å². The van der Waals surface area contributed by atoms with Crippen LogP contribution in [-0.4, -0.2) is 28.9 Å². The van der Waals surface area contributed by atoms with Crippen molar-refractivity contribution in [2.75, 3.05) is 11.9 Å². The smallest absolute Gasteiger partial charge is 0.196 e. The average molecular weight is 191 g/mol. The number of nitrogens with zero attached hydrogens (tertiary/aromatic N) is 3. The van der Waals surface area contributed by atoms with Crippen LogP contribution in [0.25, 0.3) is 0 Å². The second-order valence-corrected chi connectivity index (χ2v) is 3.49. The van der Waals surface area contributed by atoms with Crippen LogP contribution in [0.4, 0.5) is 5.82 Å². The van der Waals surface area contributed by atoms with Gasteiger partial charge in [0.15, 0.2) is 11.7 Å². The van der Waals surface area contributed by atoms with Crippen molar-refractivity contribution in [3.63, 3.8) is 0 Å². The summed E-state index contributed by atoms with van der Waals surface area (Å²) in [5.41, 5.74) is 5.31. The molecule has 1 aliphatic rings. The van der Waals surface area contributed by atoms with Gasteiger partial charge in [-0.1, -0.05) is 0 Å². The van der Waals surface area contributed by atoms with Crippen LogP contribution in [0.1, 0.15) is 18.7 Å². The second-order valence-electron chi connectivity index (χ2n) is 3.49. The van der Waals surface area contributed by atoms with Crippen molar-refractivity contribution in [2.24, 2.45) is 5.73 Å². The zero-order chi connectivity index (χ0) is 10.1. The molecule has 1 aliphatic carbocycles. The minimum atomic E-state index is -0.0870. The number of amidine groups is 1. The van der Waals surface area contributed by atoms with Gasteiger partial charge in [0.05, 0.1) is 0 Å². The number of rotatable bonds is 3. The standard InChI is InChI=1S/C9H13N5/c1-14(6-2-3-6)7-4-5-12-9(13-7)8(10)11/h4-6H,2-3H2,1H3,(H3,10,11).